The van der Waals surface area contributed by atoms with Crippen molar-refractivity contribution in [3.63, 3.8) is 0 Å². The maximum Gasteiger partial charge on any atom is 0.264 e. The first-order chi connectivity index (χ1) is 15.7. The van der Waals surface area contributed by atoms with E-state index in [1.54, 1.807) is 17.4 Å². The number of anilines is 1. The van der Waals surface area contributed by atoms with Crippen LogP contribution in [-0.2, 0) is 27.8 Å². The number of rotatable bonds is 7. The van der Waals surface area contributed by atoms with Crippen LogP contribution in [0.4, 0.5) is 10.1 Å². The molecule has 0 radical (unpaired) electrons. The summed E-state index contributed by atoms with van der Waals surface area (Å²) in [5.41, 5.74) is 4.27. The van der Waals surface area contributed by atoms with Crippen LogP contribution in [0.2, 0.25) is 0 Å². The summed E-state index contributed by atoms with van der Waals surface area (Å²) >= 11 is 1.55. The fourth-order valence-corrected chi connectivity index (χ4v) is 6.69. The van der Waals surface area contributed by atoms with Gasteiger partial charge in [-0.3, -0.25) is 9.21 Å². The molecule has 2 aromatic carbocycles. The smallest absolute Gasteiger partial charge is 0.264 e. The van der Waals surface area contributed by atoms with Gasteiger partial charge >= 0.3 is 0 Å². The minimum atomic E-state index is -3.86. The lowest BCUT2D eigenvalue weighted by Crippen LogP contribution is -2.35. The van der Waals surface area contributed by atoms with Gasteiger partial charge in [0.2, 0.25) is 0 Å². The Morgan fingerprint density at radius 3 is 2.36 bits per heavy atom. The summed E-state index contributed by atoms with van der Waals surface area (Å²) < 4.78 is 48.1. The average Bonchev–Trinajstić information content (AvgIpc) is 3.23. The second-order valence-corrected chi connectivity index (χ2v) is 11.3. The van der Waals surface area contributed by atoms with E-state index < -0.39 is 15.8 Å². The van der Waals surface area contributed by atoms with E-state index in [1.807, 2.05) is 26.8 Å². The Morgan fingerprint density at radius 2 is 1.67 bits per heavy atom. The zero-order chi connectivity index (χ0) is 23.6. The highest BCUT2D eigenvalue weighted by atomic mass is 32.2. The molecule has 1 aromatic heterocycles. The molecule has 0 amide bonds. The van der Waals surface area contributed by atoms with Crippen LogP contribution in [0.5, 0.6) is 0 Å². The van der Waals surface area contributed by atoms with Gasteiger partial charge in [-0.25, -0.2) is 12.8 Å². The third-order valence-corrected chi connectivity index (χ3v) is 8.88. The molecule has 0 saturated carbocycles. The average molecular weight is 489 g/mol. The standard InChI is InChI=1S/C25H29FN2O3S2/c1-18-12-20(3)25(13-19(18)2)33(29,30)28(23-6-4-22(26)5-7-23)16-24-14-21(17-32-24)15-27-8-10-31-11-9-27/h4-7,12-14,17H,8-11,15-16H2,1-3H3. The fraction of sp³-hybridized carbons (Fsp3) is 0.360. The summed E-state index contributed by atoms with van der Waals surface area (Å²) in [6.45, 7) is 9.97. The number of ether oxygens (including phenoxy) is 1. The second kappa shape index (κ2) is 9.93. The zero-order valence-corrected chi connectivity index (χ0v) is 20.8. The van der Waals surface area contributed by atoms with E-state index in [4.69, 9.17) is 4.74 Å². The predicted molar refractivity (Wildman–Crippen MR) is 131 cm³/mol. The van der Waals surface area contributed by atoms with Gasteiger partial charge in [-0.05, 0) is 84.8 Å². The highest BCUT2D eigenvalue weighted by molar-refractivity contribution is 7.92. The highest BCUT2D eigenvalue weighted by Gasteiger charge is 2.28. The van der Waals surface area contributed by atoms with Crippen molar-refractivity contribution in [2.75, 3.05) is 30.6 Å². The summed E-state index contributed by atoms with van der Waals surface area (Å²) in [7, 11) is -3.86. The number of aryl methyl sites for hydroxylation is 3. The van der Waals surface area contributed by atoms with Crippen molar-refractivity contribution < 1.29 is 17.5 Å². The predicted octanol–water partition coefficient (Wildman–Crippen LogP) is 5.04. The van der Waals surface area contributed by atoms with Gasteiger partial charge in [0.15, 0.2) is 0 Å². The Labute approximate surface area is 199 Å². The number of nitrogens with zero attached hydrogens (tertiary/aromatic N) is 2. The van der Waals surface area contributed by atoms with Crippen LogP contribution in [0.1, 0.15) is 27.1 Å². The molecule has 1 aliphatic heterocycles. The van der Waals surface area contributed by atoms with Gasteiger partial charge in [-0.1, -0.05) is 6.07 Å². The van der Waals surface area contributed by atoms with Crippen LogP contribution in [0.3, 0.4) is 0 Å². The molecule has 2 heterocycles. The van der Waals surface area contributed by atoms with Crippen molar-refractivity contribution in [1.29, 1.82) is 0 Å². The number of halogens is 1. The van der Waals surface area contributed by atoms with Gasteiger partial charge in [0.1, 0.15) is 5.82 Å². The molecular weight excluding hydrogens is 459 g/mol. The van der Waals surface area contributed by atoms with Crippen LogP contribution < -0.4 is 4.31 Å². The lowest BCUT2D eigenvalue weighted by atomic mass is 10.1. The first-order valence-electron chi connectivity index (χ1n) is 11.0. The van der Waals surface area contributed by atoms with E-state index in [2.05, 4.69) is 16.3 Å². The molecule has 4 rings (SSSR count). The number of hydrogen-bond donors (Lipinski definition) is 0. The van der Waals surface area contributed by atoms with Gasteiger partial charge in [-0.2, -0.15) is 0 Å². The molecule has 0 aliphatic carbocycles. The van der Waals surface area contributed by atoms with Crippen LogP contribution in [-0.4, -0.2) is 39.6 Å². The summed E-state index contributed by atoms with van der Waals surface area (Å²) in [5, 5.41) is 2.08. The summed E-state index contributed by atoms with van der Waals surface area (Å²) in [6.07, 6.45) is 0. The Morgan fingerprint density at radius 1 is 1.00 bits per heavy atom. The first-order valence-corrected chi connectivity index (χ1v) is 13.3. The molecule has 0 atom stereocenters. The molecule has 0 unspecified atom stereocenters. The van der Waals surface area contributed by atoms with Gasteiger partial charge < -0.3 is 4.74 Å². The maximum absolute atomic E-state index is 13.8. The quantitative estimate of drug-likeness (QED) is 0.468. The first kappa shape index (κ1) is 23.9. The van der Waals surface area contributed by atoms with Crippen molar-refractivity contribution >= 4 is 27.0 Å². The van der Waals surface area contributed by atoms with Crippen molar-refractivity contribution in [2.45, 2.75) is 38.8 Å². The van der Waals surface area contributed by atoms with E-state index in [1.165, 1.54) is 28.6 Å². The van der Waals surface area contributed by atoms with E-state index in [9.17, 15) is 12.8 Å². The fourth-order valence-electron chi connectivity index (χ4n) is 4.00. The van der Waals surface area contributed by atoms with Gasteiger partial charge in [0.05, 0.1) is 30.3 Å². The lowest BCUT2D eigenvalue weighted by molar-refractivity contribution is 0.0342. The minimum Gasteiger partial charge on any atom is -0.379 e. The van der Waals surface area contributed by atoms with E-state index in [-0.39, 0.29) is 11.4 Å². The summed E-state index contributed by atoms with van der Waals surface area (Å²) in [5.74, 6) is -0.401. The monoisotopic (exact) mass is 488 g/mol. The Bertz CT molecular complexity index is 1220. The number of sulfonamides is 1. The highest BCUT2D eigenvalue weighted by Crippen LogP contribution is 2.31. The molecule has 176 valence electrons. The topological polar surface area (TPSA) is 49.9 Å². The molecular formula is C25H29FN2O3S2. The zero-order valence-electron chi connectivity index (χ0n) is 19.2. The largest absolute Gasteiger partial charge is 0.379 e. The molecule has 1 fully saturated rings. The van der Waals surface area contributed by atoms with E-state index in [0.29, 0.717) is 11.3 Å². The third-order valence-electron chi connectivity index (χ3n) is 5.99. The molecule has 0 N–H and O–H groups in total. The Kier molecular flexibility index (Phi) is 7.19. The molecule has 0 bridgehead atoms. The third kappa shape index (κ3) is 5.46. The van der Waals surface area contributed by atoms with Crippen LogP contribution in [0.15, 0.2) is 52.7 Å². The maximum atomic E-state index is 13.8. The van der Waals surface area contributed by atoms with E-state index >= 15 is 0 Å². The van der Waals surface area contributed by atoms with Gasteiger partial charge in [0.25, 0.3) is 10.0 Å². The molecule has 5 nitrogen and oxygen atoms in total. The van der Waals surface area contributed by atoms with Crippen LogP contribution in [0, 0.1) is 26.6 Å². The summed E-state index contributed by atoms with van der Waals surface area (Å²) in [6, 6.07) is 11.3. The van der Waals surface area contributed by atoms with Gasteiger partial charge in [-0.15, -0.1) is 11.3 Å². The molecule has 0 spiro atoms. The molecule has 1 aliphatic rings. The molecule has 33 heavy (non-hydrogen) atoms. The van der Waals surface area contributed by atoms with Crippen molar-refractivity contribution in [1.82, 2.24) is 4.90 Å². The summed E-state index contributed by atoms with van der Waals surface area (Å²) in [4.78, 5) is 3.55. The van der Waals surface area contributed by atoms with Crippen molar-refractivity contribution in [3.05, 3.63) is 80.8 Å². The number of hydrogen-bond acceptors (Lipinski definition) is 5. The lowest BCUT2D eigenvalue weighted by Gasteiger charge is -2.26. The van der Waals surface area contributed by atoms with E-state index in [0.717, 1.165) is 54.4 Å². The Hall–Kier alpha value is -2.26. The Balaban J connectivity index is 1.66. The van der Waals surface area contributed by atoms with Crippen molar-refractivity contribution in [2.24, 2.45) is 0 Å². The molecule has 8 heteroatoms. The molecule has 3 aromatic rings. The van der Waals surface area contributed by atoms with Crippen LogP contribution in [0.25, 0.3) is 0 Å². The van der Waals surface area contributed by atoms with Crippen LogP contribution >= 0.6 is 11.3 Å². The normalized spacial score (nSPS) is 15.0. The minimum absolute atomic E-state index is 0.189. The number of morpholine rings is 1. The number of benzene rings is 2. The van der Waals surface area contributed by atoms with Crippen molar-refractivity contribution in [3.8, 4) is 0 Å². The van der Waals surface area contributed by atoms with Gasteiger partial charge in [0, 0.05) is 24.5 Å². The second-order valence-electron chi connectivity index (χ2n) is 8.50. The number of thiophene rings is 1. The molecule has 1 saturated heterocycles. The SMILES string of the molecule is Cc1cc(C)c(S(=O)(=O)N(Cc2cc(CN3CCOCC3)cs2)c2ccc(F)cc2)cc1C.